The van der Waals surface area contributed by atoms with Crippen molar-refractivity contribution in [2.45, 2.75) is 13.0 Å². The first-order valence-corrected chi connectivity index (χ1v) is 6.88. The molecule has 0 aliphatic carbocycles. The molecule has 0 aliphatic heterocycles. The lowest BCUT2D eigenvalue weighted by atomic mass is 10.1. The highest BCUT2D eigenvalue weighted by atomic mass is 19.1. The molecule has 2 N–H and O–H groups in total. The molecule has 23 heavy (non-hydrogen) atoms. The molecule has 0 aromatic heterocycles. The number of halogens is 1. The molecule has 0 heterocycles. The van der Waals surface area contributed by atoms with Gasteiger partial charge in [0.05, 0.1) is 6.07 Å². The van der Waals surface area contributed by atoms with Crippen molar-refractivity contribution < 1.29 is 14.0 Å². The smallest absolute Gasteiger partial charge is 0.251 e. The molecule has 0 atom stereocenters. The standard InChI is InChI=1S/C17H14FN3O2/c18-14-5-3-13(4-6-14)17(23)20-11-12-1-7-15(8-2-12)21-16(22)9-10-19/h1-8H,9,11H2,(H,20,23)(H,21,22). The van der Waals surface area contributed by atoms with Gasteiger partial charge in [-0.3, -0.25) is 9.59 Å². The predicted molar refractivity (Wildman–Crippen MR) is 82.9 cm³/mol. The molecule has 2 aromatic carbocycles. The van der Waals surface area contributed by atoms with Gasteiger partial charge in [0.25, 0.3) is 5.91 Å². The summed E-state index contributed by atoms with van der Waals surface area (Å²) in [7, 11) is 0. The number of hydrogen-bond donors (Lipinski definition) is 2. The monoisotopic (exact) mass is 311 g/mol. The van der Waals surface area contributed by atoms with Crippen molar-refractivity contribution in [1.82, 2.24) is 5.32 Å². The molecule has 6 heteroatoms. The van der Waals surface area contributed by atoms with Crippen LogP contribution in [0.2, 0.25) is 0 Å². The predicted octanol–water partition coefficient (Wildman–Crippen LogP) is 2.61. The second-order valence-corrected chi connectivity index (χ2v) is 4.77. The SMILES string of the molecule is N#CCC(=O)Nc1ccc(CNC(=O)c2ccc(F)cc2)cc1. The van der Waals surface area contributed by atoms with Gasteiger partial charge in [-0.2, -0.15) is 5.26 Å². The minimum atomic E-state index is -0.393. The van der Waals surface area contributed by atoms with Gasteiger partial charge in [0, 0.05) is 17.8 Å². The molecular weight excluding hydrogens is 297 g/mol. The first kappa shape index (κ1) is 16.2. The zero-order valence-corrected chi connectivity index (χ0v) is 12.2. The van der Waals surface area contributed by atoms with Crippen LogP contribution in [0.4, 0.5) is 10.1 Å². The number of rotatable bonds is 5. The third-order valence-corrected chi connectivity index (χ3v) is 3.04. The maximum atomic E-state index is 12.8. The van der Waals surface area contributed by atoms with E-state index in [4.69, 9.17) is 5.26 Å². The highest BCUT2D eigenvalue weighted by Crippen LogP contribution is 2.10. The molecule has 2 aromatic rings. The fourth-order valence-corrected chi connectivity index (χ4v) is 1.87. The fraction of sp³-hybridized carbons (Fsp3) is 0.118. The van der Waals surface area contributed by atoms with Gasteiger partial charge < -0.3 is 10.6 Å². The Morgan fingerprint density at radius 3 is 2.30 bits per heavy atom. The van der Waals surface area contributed by atoms with Crippen LogP contribution in [0.3, 0.4) is 0 Å². The molecule has 2 amide bonds. The van der Waals surface area contributed by atoms with Gasteiger partial charge in [0.2, 0.25) is 5.91 Å². The van der Waals surface area contributed by atoms with Crippen LogP contribution in [-0.4, -0.2) is 11.8 Å². The molecule has 0 spiro atoms. The highest BCUT2D eigenvalue weighted by Gasteiger charge is 2.05. The Balaban J connectivity index is 1.88. The van der Waals surface area contributed by atoms with E-state index in [0.717, 1.165) is 5.56 Å². The second-order valence-electron chi connectivity index (χ2n) is 4.77. The van der Waals surface area contributed by atoms with E-state index in [-0.39, 0.29) is 18.2 Å². The van der Waals surface area contributed by atoms with E-state index in [1.54, 1.807) is 30.3 Å². The second kappa shape index (κ2) is 7.71. The number of carbonyl (C=O) groups excluding carboxylic acids is 2. The summed E-state index contributed by atoms with van der Waals surface area (Å²) in [5.74, 6) is -1.06. The van der Waals surface area contributed by atoms with Gasteiger partial charge in [0.15, 0.2) is 0 Å². The van der Waals surface area contributed by atoms with Crippen molar-refractivity contribution >= 4 is 17.5 Å². The van der Waals surface area contributed by atoms with Crippen LogP contribution in [0.15, 0.2) is 48.5 Å². The first-order chi connectivity index (χ1) is 11.1. The molecule has 2 rings (SSSR count). The van der Waals surface area contributed by atoms with E-state index < -0.39 is 5.82 Å². The van der Waals surface area contributed by atoms with Gasteiger partial charge in [-0.1, -0.05) is 12.1 Å². The summed E-state index contributed by atoms with van der Waals surface area (Å²) in [5, 5.41) is 13.7. The van der Waals surface area contributed by atoms with Gasteiger partial charge in [-0.15, -0.1) is 0 Å². The summed E-state index contributed by atoms with van der Waals surface area (Å²) in [6.45, 7) is 0.308. The number of nitrogens with zero attached hydrogens (tertiary/aromatic N) is 1. The van der Waals surface area contributed by atoms with Crippen LogP contribution < -0.4 is 10.6 Å². The van der Waals surface area contributed by atoms with E-state index >= 15 is 0 Å². The molecule has 116 valence electrons. The zero-order chi connectivity index (χ0) is 16.7. The van der Waals surface area contributed by atoms with E-state index in [1.807, 2.05) is 0 Å². The van der Waals surface area contributed by atoms with E-state index in [9.17, 15) is 14.0 Å². The van der Waals surface area contributed by atoms with Crippen molar-refractivity contribution in [2.24, 2.45) is 0 Å². The van der Waals surface area contributed by atoms with Gasteiger partial charge in [-0.05, 0) is 42.0 Å². The molecule has 0 bridgehead atoms. The molecule has 0 radical (unpaired) electrons. The number of amides is 2. The molecule has 0 saturated carbocycles. The number of anilines is 1. The largest absolute Gasteiger partial charge is 0.348 e. The lowest BCUT2D eigenvalue weighted by Crippen LogP contribution is -2.22. The van der Waals surface area contributed by atoms with Gasteiger partial charge in [-0.25, -0.2) is 4.39 Å². The van der Waals surface area contributed by atoms with Crippen LogP contribution in [0, 0.1) is 17.1 Å². The minimum Gasteiger partial charge on any atom is -0.348 e. The van der Waals surface area contributed by atoms with Crippen LogP contribution in [0.5, 0.6) is 0 Å². The Morgan fingerprint density at radius 2 is 1.70 bits per heavy atom. The number of hydrogen-bond acceptors (Lipinski definition) is 3. The van der Waals surface area contributed by atoms with Crippen LogP contribution in [-0.2, 0) is 11.3 Å². The zero-order valence-electron chi connectivity index (χ0n) is 12.2. The van der Waals surface area contributed by atoms with Crippen LogP contribution >= 0.6 is 0 Å². The summed E-state index contributed by atoms with van der Waals surface area (Å²) in [5.41, 5.74) is 1.81. The van der Waals surface area contributed by atoms with Crippen molar-refractivity contribution in [3.63, 3.8) is 0 Å². The molecule has 0 saturated heterocycles. The number of benzene rings is 2. The number of carbonyl (C=O) groups is 2. The van der Waals surface area contributed by atoms with Crippen LogP contribution in [0.1, 0.15) is 22.3 Å². The average Bonchev–Trinajstić information content (AvgIpc) is 2.55. The summed E-state index contributed by atoms with van der Waals surface area (Å²) in [4.78, 5) is 23.2. The quantitative estimate of drug-likeness (QED) is 0.890. The lowest BCUT2D eigenvalue weighted by molar-refractivity contribution is -0.115. The number of nitriles is 1. The first-order valence-electron chi connectivity index (χ1n) is 6.88. The normalized spacial score (nSPS) is 9.74. The molecule has 5 nitrogen and oxygen atoms in total. The molecular formula is C17H14FN3O2. The fourth-order valence-electron chi connectivity index (χ4n) is 1.87. The Morgan fingerprint density at radius 1 is 1.04 bits per heavy atom. The maximum Gasteiger partial charge on any atom is 0.251 e. The van der Waals surface area contributed by atoms with Crippen molar-refractivity contribution in [1.29, 1.82) is 5.26 Å². The van der Waals surface area contributed by atoms with Crippen LogP contribution in [0.25, 0.3) is 0 Å². The van der Waals surface area contributed by atoms with Gasteiger partial charge in [0.1, 0.15) is 12.2 Å². The summed E-state index contributed by atoms with van der Waals surface area (Å²) < 4.78 is 12.8. The summed E-state index contributed by atoms with van der Waals surface area (Å²) in [6.07, 6.45) is -0.199. The maximum absolute atomic E-state index is 12.8. The van der Waals surface area contributed by atoms with E-state index in [0.29, 0.717) is 17.8 Å². The Bertz CT molecular complexity index is 734. The van der Waals surface area contributed by atoms with E-state index in [2.05, 4.69) is 10.6 Å². The summed E-state index contributed by atoms with van der Waals surface area (Å²) >= 11 is 0. The molecule has 0 aliphatic rings. The Hall–Kier alpha value is -3.20. The van der Waals surface area contributed by atoms with Crippen molar-refractivity contribution in [2.75, 3.05) is 5.32 Å². The highest BCUT2D eigenvalue weighted by molar-refractivity contribution is 5.94. The Labute approximate surface area is 132 Å². The molecule has 0 fully saturated rings. The Kier molecular flexibility index (Phi) is 5.42. The topological polar surface area (TPSA) is 82.0 Å². The third kappa shape index (κ3) is 4.93. The number of nitrogens with one attached hydrogen (secondary N) is 2. The average molecular weight is 311 g/mol. The van der Waals surface area contributed by atoms with Crippen molar-refractivity contribution in [3.8, 4) is 6.07 Å². The summed E-state index contributed by atoms with van der Waals surface area (Å²) in [6, 6.07) is 13.9. The minimum absolute atomic E-state index is 0.199. The third-order valence-electron chi connectivity index (χ3n) is 3.04. The van der Waals surface area contributed by atoms with Gasteiger partial charge >= 0.3 is 0 Å². The molecule has 0 unspecified atom stereocenters. The van der Waals surface area contributed by atoms with E-state index in [1.165, 1.54) is 24.3 Å². The lowest BCUT2D eigenvalue weighted by Gasteiger charge is -2.07. The van der Waals surface area contributed by atoms with Crippen molar-refractivity contribution in [3.05, 3.63) is 65.5 Å².